The Morgan fingerprint density at radius 1 is 1.17 bits per heavy atom. The number of rotatable bonds is 6. The molecule has 1 amide bonds. The summed E-state index contributed by atoms with van der Waals surface area (Å²) in [5.74, 6) is 0.740. The molecule has 6 nitrogen and oxygen atoms in total. The van der Waals surface area contributed by atoms with Gasteiger partial charge in [-0.05, 0) is 30.3 Å². The second-order valence-electron chi connectivity index (χ2n) is 4.86. The molecule has 0 fully saturated rings. The predicted octanol–water partition coefficient (Wildman–Crippen LogP) is 4.40. The zero-order valence-corrected chi connectivity index (χ0v) is 13.8. The Morgan fingerprint density at radius 2 is 1.96 bits per heavy atom. The van der Waals surface area contributed by atoms with Gasteiger partial charge in [-0.3, -0.25) is 4.79 Å². The third kappa shape index (κ3) is 4.38. The number of furan rings is 1. The highest BCUT2D eigenvalue weighted by Gasteiger charge is 2.10. The molecule has 0 aliphatic carbocycles. The van der Waals surface area contributed by atoms with Gasteiger partial charge in [0.2, 0.25) is 11.7 Å². The van der Waals surface area contributed by atoms with Crippen molar-refractivity contribution >= 4 is 34.8 Å². The first-order valence-corrected chi connectivity index (χ1v) is 7.69. The van der Waals surface area contributed by atoms with Gasteiger partial charge in [-0.25, -0.2) is 0 Å². The van der Waals surface area contributed by atoms with E-state index in [1.807, 2.05) is 0 Å². The molecule has 1 aromatic carbocycles. The average Bonchev–Trinajstić information content (AvgIpc) is 3.17. The van der Waals surface area contributed by atoms with Gasteiger partial charge in [0.15, 0.2) is 5.76 Å². The van der Waals surface area contributed by atoms with Crippen LogP contribution >= 0.6 is 23.2 Å². The number of nitrogens with zero attached hydrogens (tertiary/aromatic N) is 1. The van der Waals surface area contributed by atoms with Crippen molar-refractivity contribution in [2.24, 2.45) is 0 Å². The van der Waals surface area contributed by atoms with Crippen LogP contribution in [0.15, 0.2) is 51.6 Å². The minimum absolute atomic E-state index is 0.133. The summed E-state index contributed by atoms with van der Waals surface area (Å²) in [5, 5.41) is 7.37. The summed E-state index contributed by atoms with van der Waals surface area (Å²) >= 11 is 11.7. The van der Waals surface area contributed by atoms with Crippen molar-refractivity contribution in [3.8, 4) is 11.5 Å². The molecule has 0 spiro atoms. The third-order valence-electron chi connectivity index (χ3n) is 2.95. The van der Waals surface area contributed by atoms with Gasteiger partial charge in [-0.15, -0.1) is 0 Å². The second-order valence-corrected chi connectivity index (χ2v) is 5.73. The Morgan fingerprint density at radius 3 is 2.67 bits per heavy atom. The molecule has 1 N–H and O–H groups in total. The SMILES string of the molecule is O=C(COCc1cc(-c2ccco2)on1)Nc1cc(Cl)cc(Cl)c1. The van der Waals surface area contributed by atoms with Crippen molar-refractivity contribution in [3.63, 3.8) is 0 Å². The summed E-state index contributed by atoms with van der Waals surface area (Å²) in [5.41, 5.74) is 1.06. The minimum Gasteiger partial charge on any atom is -0.461 e. The van der Waals surface area contributed by atoms with E-state index in [0.29, 0.717) is 32.9 Å². The molecule has 0 atom stereocenters. The molecule has 0 saturated carbocycles. The Kier molecular flexibility index (Phi) is 5.20. The van der Waals surface area contributed by atoms with Crippen molar-refractivity contribution in [1.82, 2.24) is 5.16 Å². The van der Waals surface area contributed by atoms with Crippen molar-refractivity contribution in [2.75, 3.05) is 11.9 Å². The maximum atomic E-state index is 11.8. The fourth-order valence-electron chi connectivity index (χ4n) is 1.99. The molecule has 3 aromatic rings. The molecule has 24 heavy (non-hydrogen) atoms. The molecular formula is C16H12Cl2N2O4. The number of anilines is 1. The number of amides is 1. The van der Waals surface area contributed by atoms with Gasteiger partial charge in [-0.2, -0.15) is 0 Å². The second kappa shape index (κ2) is 7.53. The molecule has 124 valence electrons. The highest BCUT2D eigenvalue weighted by molar-refractivity contribution is 6.35. The molecule has 0 radical (unpaired) electrons. The highest BCUT2D eigenvalue weighted by Crippen LogP contribution is 2.23. The summed E-state index contributed by atoms with van der Waals surface area (Å²) in [6.07, 6.45) is 1.54. The van der Waals surface area contributed by atoms with Crippen LogP contribution in [0.5, 0.6) is 0 Å². The lowest BCUT2D eigenvalue weighted by Crippen LogP contribution is -2.18. The standard InChI is InChI=1S/C16H12Cl2N2O4/c17-10-4-11(18)6-12(5-10)19-16(21)9-22-8-13-7-15(24-20-13)14-2-1-3-23-14/h1-7H,8-9H2,(H,19,21). The summed E-state index contributed by atoms with van der Waals surface area (Å²) in [7, 11) is 0. The highest BCUT2D eigenvalue weighted by atomic mass is 35.5. The third-order valence-corrected chi connectivity index (χ3v) is 3.39. The number of halogens is 2. The molecule has 0 aliphatic heterocycles. The monoisotopic (exact) mass is 366 g/mol. The quantitative estimate of drug-likeness (QED) is 0.699. The van der Waals surface area contributed by atoms with Crippen LogP contribution in [0.25, 0.3) is 11.5 Å². The molecule has 2 heterocycles. The van der Waals surface area contributed by atoms with Gasteiger partial charge in [-0.1, -0.05) is 28.4 Å². The van der Waals surface area contributed by atoms with Gasteiger partial charge in [0.05, 0.1) is 12.9 Å². The van der Waals surface area contributed by atoms with E-state index in [1.54, 1.807) is 42.7 Å². The van der Waals surface area contributed by atoms with Gasteiger partial charge in [0, 0.05) is 21.8 Å². The lowest BCUT2D eigenvalue weighted by atomic mass is 10.3. The Balaban J connectivity index is 1.48. The van der Waals surface area contributed by atoms with Crippen LogP contribution in [0.1, 0.15) is 5.69 Å². The molecule has 3 rings (SSSR count). The van der Waals surface area contributed by atoms with E-state index in [-0.39, 0.29) is 19.1 Å². The van der Waals surface area contributed by atoms with E-state index in [2.05, 4.69) is 10.5 Å². The number of hydrogen-bond donors (Lipinski definition) is 1. The molecule has 0 saturated heterocycles. The van der Waals surface area contributed by atoms with Crippen molar-refractivity contribution < 1.29 is 18.5 Å². The molecular weight excluding hydrogens is 355 g/mol. The van der Waals surface area contributed by atoms with Crippen molar-refractivity contribution in [2.45, 2.75) is 6.61 Å². The number of aromatic nitrogens is 1. The van der Waals surface area contributed by atoms with Crippen LogP contribution in [0.4, 0.5) is 5.69 Å². The van der Waals surface area contributed by atoms with Crippen LogP contribution in [-0.4, -0.2) is 17.7 Å². The van der Waals surface area contributed by atoms with E-state index in [0.717, 1.165) is 0 Å². The maximum absolute atomic E-state index is 11.8. The first-order chi connectivity index (χ1) is 11.6. The summed E-state index contributed by atoms with van der Waals surface area (Å²) in [6, 6.07) is 9.97. The number of ether oxygens (including phenoxy) is 1. The van der Waals surface area contributed by atoms with Crippen molar-refractivity contribution in [1.29, 1.82) is 0 Å². The van der Waals surface area contributed by atoms with E-state index in [1.165, 1.54) is 0 Å². The average molecular weight is 367 g/mol. The summed E-state index contributed by atoms with van der Waals surface area (Å²) in [4.78, 5) is 11.8. The predicted molar refractivity (Wildman–Crippen MR) is 89.0 cm³/mol. The zero-order chi connectivity index (χ0) is 16.9. The van der Waals surface area contributed by atoms with E-state index < -0.39 is 0 Å². The van der Waals surface area contributed by atoms with Gasteiger partial charge in [0.1, 0.15) is 12.3 Å². The van der Waals surface area contributed by atoms with Crippen molar-refractivity contribution in [3.05, 3.63) is 58.4 Å². The number of hydrogen-bond acceptors (Lipinski definition) is 5. The first kappa shape index (κ1) is 16.6. The largest absolute Gasteiger partial charge is 0.461 e. The van der Waals surface area contributed by atoms with Crippen LogP contribution in [-0.2, 0) is 16.1 Å². The molecule has 0 unspecified atom stereocenters. The normalized spacial score (nSPS) is 10.8. The fourth-order valence-corrected chi connectivity index (χ4v) is 2.51. The first-order valence-electron chi connectivity index (χ1n) is 6.93. The Bertz CT molecular complexity index is 810. The molecule has 0 aliphatic rings. The van der Waals surface area contributed by atoms with Crippen LogP contribution in [0.3, 0.4) is 0 Å². The summed E-state index contributed by atoms with van der Waals surface area (Å²) < 4.78 is 15.6. The zero-order valence-electron chi connectivity index (χ0n) is 12.3. The van der Waals surface area contributed by atoms with E-state index in [4.69, 9.17) is 36.9 Å². The fraction of sp³-hybridized carbons (Fsp3) is 0.125. The topological polar surface area (TPSA) is 77.5 Å². The maximum Gasteiger partial charge on any atom is 0.250 e. The number of carbonyl (C=O) groups excluding carboxylic acids is 1. The molecule has 0 bridgehead atoms. The summed E-state index contributed by atoms with van der Waals surface area (Å²) in [6.45, 7) is -0.0129. The Hall–Kier alpha value is -2.28. The van der Waals surface area contributed by atoms with Gasteiger partial charge < -0.3 is 19.0 Å². The smallest absolute Gasteiger partial charge is 0.250 e. The minimum atomic E-state index is -0.330. The van der Waals surface area contributed by atoms with Gasteiger partial charge in [0.25, 0.3) is 0 Å². The molecule has 2 aromatic heterocycles. The van der Waals surface area contributed by atoms with E-state index >= 15 is 0 Å². The van der Waals surface area contributed by atoms with Crippen LogP contribution in [0.2, 0.25) is 10.0 Å². The number of carbonyl (C=O) groups is 1. The number of nitrogens with one attached hydrogen (secondary N) is 1. The lowest BCUT2D eigenvalue weighted by Gasteiger charge is -2.06. The van der Waals surface area contributed by atoms with Crippen LogP contribution < -0.4 is 5.32 Å². The van der Waals surface area contributed by atoms with E-state index in [9.17, 15) is 4.79 Å². The number of benzene rings is 1. The molecule has 8 heteroatoms. The van der Waals surface area contributed by atoms with Crippen LogP contribution in [0, 0.1) is 0 Å². The Labute approximate surface area is 147 Å². The lowest BCUT2D eigenvalue weighted by molar-refractivity contribution is -0.121. The van der Waals surface area contributed by atoms with Gasteiger partial charge >= 0.3 is 0 Å².